The van der Waals surface area contributed by atoms with Crippen molar-refractivity contribution in [2.24, 2.45) is 7.05 Å². The summed E-state index contributed by atoms with van der Waals surface area (Å²) in [6.45, 7) is 1.84. The first-order chi connectivity index (χ1) is 6.77. The highest BCUT2D eigenvalue weighted by atomic mass is 16.5. The van der Waals surface area contributed by atoms with Crippen molar-refractivity contribution >= 4 is 5.78 Å². The Morgan fingerprint density at radius 3 is 3.21 bits per heavy atom. The highest BCUT2D eigenvalue weighted by Gasteiger charge is 2.23. The van der Waals surface area contributed by atoms with E-state index in [1.165, 1.54) is 0 Å². The van der Waals surface area contributed by atoms with Crippen molar-refractivity contribution in [2.45, 2.75) is 6.04 Å². The summed E-state index contributed by atoms with van der Waals surface area (Å²) in [4.78, 5) is 11.8. The fourth-order valence-corrected chi connectivity index (χ4v) is 1.46. The second-order valence-corrected chi connectivity index (χ2v) is 3.32. The largest absolute Gasteiger partial charge is 0.378 e. The van der Waals surface area contributed by atoms with Crippen LogP contribution in [-0.2, 0) is 11.8 Å². The number of carbonyl (C=O) groups is 1. The van der Waals surface area contributed by atoms with Gasteiger partial charge in [0.1, 0.15) is 5.69 Å². The van der Waals surface area contributed by atoms with Gasteiger partial charge in [-0.05, 0) is 6.07 Å². The third-order valence-electron chi connectivity index (χ3n) is 2.20. The van der Waals surface area contributed by atoms with Crippen LogP contribution < -0.4 is 5.32 Å². The van der Waals surface area contributed by atoms with Crippen LogP contribution in [0.2, 0.25) is 0 Å². The zero-order valence-corrected chi connectivity index (χ0v) is 8.06. The van der Waals surface area contributed by atoms with Gasteiger partial charge in [-0.3, -0.25) is 9.48 Å². The average Bonchev–Trinajstić information content (AvgIpc) is 2.65. The summed E-state index contributed by atoms with van der Waals surface area (Å²) in [5, 5.41) is 7.16. The molecule has 0 spiro atoms. The Hall–Kier alpha value is -1.20. The Kier molecular flexibility index (Phi) is 2.60. The van der Waals surface area contributed by atoms with Crippen molar-refractivity contribution in [3.8, 4) is 0 Å². The lowest BCUT2D eigenvalue weighted by molar-refractivity contribution is 0.0603. The van der Waals surface area contributed by atoms with E-state index < -0.39 is 0 Å². The van der Waals surface area contributed by atoms with Crippen molar-refractivity contribution < 1.29 is 9.53 Å². The topological polar surface area (TPSA) is 56.1 Å². The number of ether oxygens (including phenoxy) is 1. The van der Waals surface area contributed by atoms with E-state index in [0.29, 0.717) is 18.9 Å². The van der Waals surface area contributed by atoms with Crippen LogP contribution >= 0.6 is 0 Å². The van der Waals surface area contributed by atoms with Crippen LogP contribution in [0.25, 0.3) is 0 Å². The minimum Gasteiger partial charge on any atom is -0.378 e. The smallest absolute Gasteiger partial charge is 0.202 e. The van der Waals surface area contributed by atoms with Crippen molar-refractivity contribution in [2.75, 3.05) is 19.8 Å². The van der Waals surface area contributed by atoms with E-state index in [1.54, 1.807) is 24.0 Å². The lowest BCUT2D eigenvalue weighted by Gasteiger charge is -2.21. The normalized spacial score (nSPS) is 22.2. The van der Waals surface area contributed by atoms with Crippen LogP contribution in [0.4, 0.5) is 0 Å². The molecule has 0 radical (unpaired) electrons. The van der Waals surface area contributed by atoms with Crippen LogP contribution in [0.3, 0.4) is 0 Å². The quantitative estimate of drug-likeness (QED) is 0.652. The van der Waals surface area contributed by atoms with Crippen LogP contribution in [0.1, 0.15) is 10.5 Å². The number of hydrogen-bond donors (Lipinski definition) is 1. The third-order valence-corrected chi connectivity index (χ3v) is 2.20. The Labute approximate surface area is 82.0 Å². The van der Waals surface area contributed by atoms with Gasteiger partial charge < -0.3 is 10.1 Å². The molecule has 2 heterocycles. The van der Waals surface area contributed by atoms with E-state index in [9.17, 15) is 4.79 Å². The lowest BCUT2D eigenvalue weighted by atomic mass is 10.1. The minimum absolute atomic E-state index is 0.00491. The fourth-order valence-electron chi connectivity index (χ4n) is 1.46. The number of nitrogens with zero attached hydrogens (tertiary/aromatic N) is 2. The first kappa shape index (κ1) is 9.36. The third kappa shape index (κ3) is 1.83. The summed E-state index contributed by atoms with van der Waals surface area (Å²) in [6.07, 6.45) is 1.76. The molecule has 1 aliphatic rings. The molecule has 0 amide bonds. The van der Waals surface area contributed by atoms with Gasteiger partial charge in [0, 0.05) is 19.8 Å². The molecule has 2 rings (SSSR count). The summed E-state index contributed by atoms with van der Waals surface area (Å²) in [5.41, 5.74) is 0.496. The monoisotopic (exact) mass is 195 g/mol. The van der Waals surface area contributed by atoms with E-state index in [1.807, 2.05) is 0 Å². The summed E-state index contributed by atoms with van der Waals surface area (Å²) in [7, 11) is 1.79. The Bertz CT molecular complexity index is 329. The van der Waals surface area contributed by atoms with Crippen molar-refractivity contribution in [1.82, 2.24) is 15.1 Å². The van der Waals surface area contributed by atoms with Gasteiger partial charge in [0.05, 0.1) is 19.3 Å². The van der Waals surface area contributed by atoms with Crippen LogP contribution in [-0.4, -0.2) is 41.4 Å². The van der Waals surface area contributed by atoms with Crippen LogP contribution in [0, 0.1) is 0 Å². The number of ketones is 1. The Balaban J connectivity index is 2.07. The zero-order valence-electron chi connectivity index (χ0n) is 8.06. The van der Waals surface area contributed by atoms with Crippen molar-refractivity contribution in [3.63, 3.8) is 0 Å². The molecule has 1 aromatic heterocycles. The predicted molar refractivity (Wildman–Crippen MR) is 50.1 cm³/mol. The van der Waals surface area contributed by atoms with Gasteiger partial charge >= 0.3 is 0 Å². The van der Waals surface area contributed by atoms with E-state index in [2.05, 4.69) is 10.4 Å². The van der Waals surface area contributed by atoms with Gasteiger partial charge in [0.2, 0.25) is 5.78 Å². The second-order valence-electron chi connectivity index (χ2n) is 3.32. The summed E-state index contributed by atoms with van der Waals surface area (Å²) in [6, 6.07) is 1.48. The molecule has 5 nitrogen and oxygen atoms in total. The Morgan fingerprint density at radius 1 is 1.79 bits per heavy atom. The fraction of sp³-hybridized carbons (Fsp3) is 0.556. The maximum atomic E-state index is 11.8. The second kappa shape index (κ2) is 3.89. The zero-order chi connectivity index (χ0) is 9.97. The van der Waals surface area contributed by atoms with E-state index >= 15 is 0 Å². The molecule has 1 N–H and O–H groups in total. The number of aromatic nitrogens is 2. The van der Waals surface area contributed by atoms with Crippen molar-refractivity contribution in [3.05, 3.63) is 18.0 Å². The molecular weight excluding hydrogens is 182 g/mol. The molecule has 0 aromatic carbocycles. The van der Waals surface area contributed by atoms with E-state index in [0.717, 1.165) is 6.54 Å². The van der Waals surface area contributed by atoms with Crippen LogP contribution in [0.15, 0.2) is 12.3 Å². The molecule has 1 fully saturated rings. The maximum Gasteiger partial charge on any atom is 0.202 e. The summed E-state index contributed by atoms with van der Waals surface area (Å²) in [5.74, 6) is 0.00491. The molecule has 1 aliphatic heterocycles. The molecule has 1 atom stereocenters. The first-order valence-electron chi connectivity index (χ1n) is 4.62. The standard InChI is InChI=1S/C9H13N3O2/c1-12-4-2-7(11-12)9(13)8-6-14-5-3-10-8/h2,4,8,10H,3,5-6H2,1H3. The molecule has 14 heavy (non-hydrogen) atoms. The molecule has 1 aromatic rings. The van der Waals surface area contributed by atoms with Gasteiger partial charge in [0.15, 0.2) is 0 Å². The number of nitrogens with one attached hydrogen (secondary N) is 1. The van der Waals surface area contributed by atoms with E-state index in [4.69, 9.17) is 4.74 Å². The number of carbonyl (C=O) groups excluding carboxylic acids is 1. The minimum atomic E-state index is -0.237. The number of hydrogen-bond acceptors (Lipinski definition) is 4. The lowest BCUT2D eigenvalue weighted by Crippen LogP contribution is -2.46. The summed E-state index contributed by atoms with van der Waals surface area (Å²) >= 11 is 0. The van der Waals surface area contributed by atoms with Gasteiger partial charge in [-0.2, -0.15) is 5.10 Å². The highest BCUT2D eigenvalue weighted by Crippen LogP contribution is 2.03. The SMILES string of the molecule is Cn1ccc(C(=O)C2COCCN2)n1. The molecule has 76 valence electrons. The number of morpholine rings is 1. The molecule has 5 heteroatoms. The first-order valence-corrected chi connectivity index (χ1v) is 4.62. The van der Waals surface area contributed by atoms with Gasteiger partial charge in [-0.15, -0.1) is 0 Å². The Morgan fingerprint density at radius 2 is 2.64 bits per heavy atom. The number of Topliss-reactive ketones (excluding diaryl/α,β-unsaturated/α-hetero) is 1. The van der Waals surface area contributed by atoms with E-state index in [-0.39, 0.29) is 11.8 Å². The van der Waals surface area contributed by atoms with Crippen LogP contribution in [0.5, 0.6) is 0 Å². The number of aryl methyl sites for hydroxylation is 1. The summed E-state index contributed by atoms with van der Waals surface area (Å²) < 4.78 is 6.84. The molecule has 1 saturated heterocycles. The molecular formula is C9H13N3O2. The molecule has 0 bridgehead atoms. The highest BCUT2D eigenvalue weighted by molar-refractivity contribution is 5.98. The predicted octanol–water partition coefficient (Wildman–Crippen LogP) is -0.409. The maximum absolute atomic E-state index is 11.8. The molecule has 0 aliphatic carbocycles. The van der Waals surface area contributed by atoms with Gasteiger partial charge in [-0.1, -0.05) is 0 Å². The average molecular weight is 195 g/mol. The van der Waals surface area contributed by atoms with Crippen molar-refractivity contribution in [1.29, 1.82) is 0 Å². The number of rotatable bonds is 2. The molecule has 0 saturated carbocycles. The van der Waals surface area contributed by atoms with Gasteiger partial charge in [-0.25, -0.2) is 0 Å². The molecule has 1 unspecified atom stereocenters. The van der Waals surface area contributed by atoms with Gasteiger partial charge in [0.25, 0.3) is 0 Å².